The summed E-state index contributed by atoms with van der Waals surface area (Å²) in [5.41, 5.74) is 0. The van der Waals surface area contributed by atoms with Gasteiger partial charge in [0.25, 0.3) is 0 Å². The van der Waals surface area contributed by atoms with E-state index in [9.17, 15) is 0 Å². The van der Waals surface area contributed by atoms with Crippen LogP contribution in [0.1, 0.15) is 46.5 Å². The summed E-state index contributed by atoms with van der Waals surface area (Å²) in [4.78, 5) is 6.88. The molecule has 31 heavy (non-hydrogen) atoms. The average molecular weight is 448 g/mol. The van der Waals surface area contributed by atoms with Crippen molar-refractivity contribution in [3.05, 3.63) is 0 Å². The first-order valence-electron chi connectivity index (χ1n) is 12.5. The first-order chi connectivity index (χ1) is 14.9. The van der Waals surface area contributed by atoms with Gasteiger partial charge in [0.05, 0.1) is 13.2 Å². The summed E-state index contributed by atoms with van der Waals surface area (Å²) in [6.45, 7) is 18.3. The second-order valence-corrected chi connectivity index (χ2v) is 8.30. The van der Waals surface area contributed by atoms with Gasteiger partial charge >= 0.3 is 0 Å². The lowest BCUT2D eigenvalue weighted by molar-refractivity contribution is 0.0503. The third-order valence-corrected chi connectivity index (χ3v) is 5.63. The normalized spacial score (nSPS) is 19.6. The highest BCUT2D eigenvalue weighted by molar-refractivity contribution is 4.66. The van der Waals surface area contributed by atoms with E-state index in [1.54, 1.807) is 0 Å². The number of nitrogens with one attached hydrogen (secondary N) is 2. The molecule has 190 valence electrons. The fraction of sp³-hybridized carbons (Fsp3) is 1.00. The highest BCUT2D eigenvalue weighted by Gasteiger charge is 2.09. The topological polar surface area (TPSA) is 52.2 Å². The molecule has 0 amide bonds. The van der Waals surface area contributed by atoms with Crippen molar-refractivity contribution in [3.8, 4) is 0 Å². The highest BCUT2D eigenvalue weighted by Crippen LogP contribution is 2.04. The van der Waals surface area contributed by atoms with Gasteiger partial charge in [-0.05, 0) is 93.6 Å². The van der Waals surface area contributed by atoms with Crippen molar-refractivity contribution < 1.29 is 9.47 Å². The van der Waals surface area contributed by atoms with Crippen LogP contribution in [0.2, 0.25) is 0 Å². The van der Waals surface area contributed by atoms with Crippen LogP contribution in [0.4, 0.5) is 0 Å². The molecular weight excluding hydrogens is 390 g/mol. The van der Waals surface area contributed by atoms with Crippen LogP contribution in [0.5, 0.6) is 0 Å². The fourth-order valence-electron chi connectivity index (χ4n) is 2.74. The van der Waals surface area contributed by atoms with Gasteiger partial charge in [-0.25, -0.2) is 0 Å². The number of hydrogen-bond donors (Lipinski definition) is 2. The number of likely N-dealkylation sites (tertiary alicyclic amines) is 1. The Morgan fingerprint density at radius 2 is 1.19 bits per heavy atom. The van der Waals surface area contributed by atoms with Gasteiger partial charge in [-0.2, -0.15) is 0 Å². The van der Waals surface area contributed by atoms with E-state index in [2.05, 4.69) is 67.2 Å². The van der Waals surface area contributed by atoms with Crippen molar-refractivity contribution in [1.29, 1.82) is 0 Å². The molecule has 3 aliphatic heterocycles. The molecule has 0 atom stereocenters. The Morgan fingerprint density at radius 1 is 0.774 bits per heavy atom. The smallest absolute Gasteiger partial charge is 0.0594 e. The van der Waals surface area contributed by atoms with Crippen molar-refractivity contribution in [2.24, 2.45) is 0 Å². The van der Waals surface area contributed by atoms with Crippen molar-refractivity contribution in [1.82, 2.24) is 25.3 Å². The Kier molecular flexibility index (Phi) is 27.6. The molecule has 3 fully saturated rings. The van der Waals surface area contributed by atoms with Gasteiger partial charge in [0, 0.05) is 32.3 Å². The first kappa shape index (κ1) is 32.9. The van der Waals surface area contributed by atoms with E-state index in [0.717, 1.165) is 59.2 Å². The summed E-state index contributed by atoms with van der Waals surface area (Å²) in [7, 11) is 10.3. The van der Waals surface area contributed by atoms with E-state index >= 15 is 0 Å². The summed E-state index contributed by atoms with van der Waals surface area (Å²) in [5, 5.41) is 6.15. The molecule has 0 aromatic rings. The molecule has 0 aromatic heterocycles. The summed E-state index contributed by atoms with van der Waals surface area (Å²) in [5.74, 6) is 0. The quantitative estimate of drug-likeness (QED) is 0.685. The SMILES string of the molecule is CCN(C)CC.CCNC.CN1CCCC1.CN1CCOCC1.CNC1CCOCC1. The molecule has 2 N–H and O–H groups in total. The molecule has 0 aromatic carbocycles. The molecule has 0 aliphatic carbocycles. The molecule has 7 nitrogen and oxygen atoms in total. The zero-order chi connectivity index (χ0) is 23.7. The van der Waals surface area contributed by atoms with Crippen LogP contribution in [0, 0.1) is 0 Å². The molecule has 0 unspecified atom stereocenters. The Labute approximate surface area is 195 Å². The molecule has 0 spiro atoms. The van der Waals surface area contributed by atoms with Gasteiger partial charge in [-0.15, -0.1) is 0 Å². The third kappa shape index (κ3) is 25.9. The Hall–Kier alpha value is -0.280. The minimum Gasteiger partial charge on any atom is -0.381 e. The van der Waals surface area contributed by atoms with Crippen molar-refractivity contribution in [3.63, 3.8) is 0 Å². The number of hydrogen-bond acceptors (Lipinski definition) is 7. The molecule has 3 rings (SSSR count). The number of rotatable bonds is 4. The second kappa shape index (κ2) is 26.0. The lowest BCUT2D eigenvalue weighted by Crippen LogP contribution is -2.32. The van der Waals surface area contributed by atoms with Gasteiger partial charge in [-0.1, -0.05) is 20.8 Å². The number of ether oxygens (including phenoxy) is 2. The second-order valence-electron chi connectivity index (χ2n) is 8.30. The molecule has 7 heteroatoms. The zero-order valence-electron chi connectivity index (χ0n) is 22.3. The predicted octanol–water partition coefficient (Wildman–Crippen LogP) is 2.23. The van der Waals surface area contributed by atoms with Crippen LogP contribution in [-0.2, 0) is 9.47 Å². The molecular formula is C24H57N5O2. The average Bonchev–Trinajstić information content (AvgIpc) is 3.31. The zero-order valence-corrected chi connectivity index (χ0v) is 22.3. The molecule has 3 heterocycles. The van der Waals surface area contributed by atoms with Gasteiger partial charge in [0.15, 0.2) is 0 Å². The van der Waals surface area contributed by atoms with Gasteiger partial charge < -0.3 is 34.8 Å². The Bertz CT molecular complexity index is 313. The highest BCUT2D eigenvalue weighted by atomic mass is 16.5. The van der Waals surface area contributed by atoms with Crippen LogP contribution >= 0.6 is 0 Å². The molecule has 3 aliphatic rings. The summed E-state index contributed by atoms with van der Waals surface area (Å²) in [6.07, 6.45) is 5.18. The van der Waals surface area contributed by atoms with E-state index in [1.807, 2.05) is 14.1 Å². The minimum absolute atomic E-state index is 0.712. The summed E-state index contributed by atoms with van der Waals surface area (Å²) >= 11 is 0. The van der Waals surface area contributed by atoms with E-state index < -0.39 is 0 Å². The van der Waals surface area contributed by atoms with Gasteiger partial charge in [0.1, 0.15) is 0 Å². The van der Waals surface area contributed by atoms with E-state index in [4.69, 9.17) is 9.47 Å². The maximum absolute atomic E-state index is 5.16. The van der Waals surface area contributed by atoms with Crippen LogP contribution < -0.4 is 10.6 Å². The number of likely N-dealkylation sites (N-methyl/N-ethyl adjacent to an activating group) is 1. The lowest BCUT2D eigenvalue weighted by Gasteiger charge is -2.21. The summed E-state index contributed by atoms with van der Waals surface area (Å²) in [6, 6.07) is 0.712. The summed E-state index contributed by atoms with van der Waals surface area (Å²) < 4.78 is 10.3. The van der Waals surface area contributed by atoms with Gasteiger partial charge in [-0.3, -0.25) is 0 Å². The molecule has 3 saturated heterocycles. The minimum atomic E-state index is 0.712. The molecule has 0 saturated carbocycles. The fourth-order valence-corrected chi connectivity index (χ4v) is 2.74. The van der Waals surface area contributed by atoms with E-state index in [0.29, 0.717) is 6.04 Å². The monoisotopic (exact) mass is 447 g/mol. The number of nitrogens with zero attached hydrogens (tertiary/aromatic N) is 3. The van der Waals surface area contributed by atoms with Crippen LogP contribution in [-0.4, -0.2) is 128 Å². The van der Waals surface area contributed by atoms with E-state index in [-0.39, 0.29) is 0 Å². The van der Waals surface area contributed by atoms with Crippen molar-refractivity contribution >= 4 is 0 Å². The lowest BCUT2D eigenvalue weighted by atomic mass is 10.1. The Balaban J connectivity index is 0. The third-order valence-electron chi connectivity index (χ3n) is 5.63. The molecule has 0 bridgehead atoms. The van der Waals surface area contributed by atoms with Crippen LogP contribution in [0.3, 0.4) is 0 Å². The maximum Gasteiger partial charge on any atom is 0.0594 e. The van der Waals surface area contributed by atoms with Crippen molar-refractivity contribution in [2.75, 3.05) is 107 Å². The standard InChI is InChI=1S/C6H13NO.C5H11NO.C5H11N.C5H13N.C3H9N/c1-7-6-2-4-8-5-3-6;1-6-2-4-7-5-3-6;1-6-4-2-3-5-6;1-4-6(3)5-2;1-3-4-2/h6-7H,2-5H2,1H3;2-5H2,1H3;2-5H2,1H3;4-5H2,1-3H3;4H,3H2,1-2H3. The van der Waals surface area contributed by atoms with Crippen molar-refractivity contribution in [2.45, 2.75) is 52.5 Å². The van der Waals surface area contributed by atoms with Crippen LogP contribution in [0.15, 0.2) is 0 Å². The van der Waals surface area contributed by atoms with E-state index in [1.165, 1.54) is 38.8 Å². The molecule has 0 radical (unpaired) electrons. The predicted molar refractivity (Wildman–Crippen MR) is 136 cm³/mol. The van der Waals surface area contributed by atoms with Gasteiger partial charge in [0.2, 0.25) is 0 Å². The first-order valence-corrected chi connectivity index (χ1v) is 12.5. The Morgan fingerprint density at radius 3 is 1.39 bits per heavy atom. The van der Waals surface area contributed by atoms with Crippen LogP contribution in [0.25, 0.3) is 0 Å². The largest absolute Gasteiger partial charge is 0.381 e. The maximum atomic E-state index is 5.16. The number of morpholine rings is 1.